The highest BCUT2D eigenvalue weighted by Gasteiger charge is 2.26. The number of amides is 1. The number of nitrogens with one attached hydrogen (secondary N) is 2. The second-order valence-corrected chi connectivity index (χ2v) is 10.3. The van der Waals surface area contributed by atoms with Gasteiger partial charge in [0.2, 0.25) is 5.88 Å². The molecule has 0 radical (unpaired) electrons. The molecule has 2 aromatic carbocycles. The molecule has 0 unspecified atom stereocenters. The number of carbonyl (C=O) groups is 1. The summed E-state index contributed by atoms with van der Waals surface area (Å²) < 4.78 is 23.7. The number of hydrogen-bond acceptors (Lipinski definition) is 10. The molecular weight excluding hydrogens is 532 g/mol. The second-order valence-electron chi connectivity index (χ2n) is 9.27. The third kappa shape index (κ3) is 4.37. The zero-order chi connectivity index (χ0) is 27.2. The first kappa shape index (κ1) is 24.1. The third-order valence-electron chi connectivity index (χ3n) is 6.44. The predicted octanol–water partition coefficient (Wildman–Crippen LogP) is 5.49. The number of methoxy groups -OCH3 is 1. The van der Waals surface area contributed by atoms with Crippen LogP contribution in [0.5, 0.6) is 17.4 Å². The minimum Gasteiger partial charge on any atom is -0.484 e. The number of pyridine rings is 1. The fraction of sp³-hybridized carbons (Fsp3) is 0.179. The normalized spacial score (nSPS) is 14.5. The number of fused-ring (bicyclic) bond motifs is 5. The van der Waals surface area contributed by atoms with Gasteiger partial charge in [-0.1, -0.05) is 0 Å². The van der Waals surface area contributed by atoms with Gasteiger partial charge in [-0.25, -0.2) is 24.7 Å². The summed E-state index contributed by atoms with van der Waals surface area (Å²) in [5.74, 6) is 1.65. The van der Waals surface area contributed by atoms with Crippen LogP contribution >= 0.6 is 11.3 Å². The average Bonchev–Trinajstić information content (AvgIpc) is 3.62. The number of thiazole rings is 1. The van der Waals surface area contributed by atoms with E-state index in [1.807, 2.05) is 37.3 Å². The number of aromatic nitrogens is 5. The number of carbonyl (C=O) groups excluding carboxylic acids is 1. The van der Waals surface area contributed by atoms with E-state index in [2.05, 4.69) is 31.3 Å². The van der Waals surface area contributed by atoms with Crippen LogP contribution < -0.4 is 19.5 Å². The number of rotatable bonds is 5. The van der Waals surface area contributed by atoms with Crippen LogP contribution in [0.1, 0.15) is 5.56 Å². The van der Waals surface area contributed by atoms with Crippen molar-refractivity contribution in [3.8, 4) is 28.0 Å². The molecule has 2 N–H and O–H groups in total. The zero-order valence-corrected chi connectivity index (χ0v) is 22.2. The van der Waals surface area contributed by atoms with Gasteiger partial charge in [-0.05, 0) is 48.9 Å². The van der Waals surface area contributed by atoms with Gasteiger partial charge in [0.15, 0.2) is 17.6 Å². The van der Waals surface area contributed by atoms with Crippen molar-refractivity contribution >= 4 is 55.4 Å². The molecule has 0 spiro atoms. The van der Waals surface area contributed by atoms with Crippen LogP contribution in [0.25, 0.3) is 42.9 Å². The summed E-state index contributed by atoms with van der Waals surface area (Å²) in [4.78, 5) is 33.6. The lowest BCUT2D eigenvalue weighted by atomic mass is 10.1. The van der Waals surface area contributed by atoms with Gasteiger partial charge in [-0.15, -0.1) is 11.3 Å². The first-order valence-electron chi connectivity index (χ1n) is 12.5. The number of anilines is 1. The van der Waals surface area contributed by atoms with E-state index in [1.54, 1.807) is 25.7 Å². The summed E-state index contributed by atoms with van der Waals surface area (Å²) in [5.41, 5.74) is 5.49. The lowest BCUT2D eigenvalue weighted by molar-refractivity contribution is 0.0383. The molecule has 5 heterocycles. The van der Waals surface area contributed by atoms with Gasteiger partial charge < -0.3 is 23.9 Å². The maximum absolute atomic E-state index is 12.4. The Morgan fingerprint density at radius 1 is 1.15 bits per heavy atom. The fourth-order valence-corrected chi connectivity index (χ4v) is 5.68. The molecule has 1 aliphatic rings. The SMILES string of the molecule is COc1cnc2c(-c3nc4ccc5c(c4s3)OC[C@H](COC(=O)Nc3cnc4[nH]ccc4c3)O5)cc(C)cc2n1. The molecule has 11 nitrogen and oxygen atoms in total. The van der Waals surface area contributed by atoms with Gasteiger partial charge in [-0.2, -0.15) is 0 Å². The van der Waals surface area contributed by atoms with Crippen LogP contribution in [-0.4, -0.2) is 57.4 Å². The molecule has 1 aliphatic heterocycles. The largest absolute Gasteiger partial charge is 0.484 e. The monoisotopic (exact) mass is 554 g/mol. The van der Waals surface area contributed by atoms with Crippen molar-refractivity contribution in [1.82, 2.24) is 24.9 Å². The van der Waals surface area contributed by atoms with Crippen molar-refractivity contribution in [1.29, 1.82) is 0 Å². The summed E-state index contributed by atoms with van der Waals surface area (Å²) in [5, 5.41) is 4.38. The Labute approximate surface area is 231 Å². The molecule has 1 atom stereocenters. The van der Waals surface area contributed by atoms with Gasteiger partial charge in [0.05, 0.1) is 41.7 Å². The van der Waals surface area contributed by atoms with Crippen molar-refractivity contribution in [2.24, 2.45) is 0 Å². The van der Waals surface area contributed by atoms with Gasteiger partial charge in [0.1, 0.15) is 28.6 Å². The predicted molar refractivity (Wildman–Crippen MR) is 150 cm³/mol. The van der Waals surface area contributed by atoms with E-state index in [1.165, 1.54) is 11.3 Å². The van der Waals surface area contributed by atoms with E-state index in [-0.39, 0.29) is 13.2 Å². The van der Waals surface area contributed by atoms with Crippen LogP contribution in [0, 0.1) is 6.92 Å². The summed E-state index contributed by atoms with van der Waals surface area (Å²) in [6.07, 6.45) is 3.90. The van der Waals surface area contributed by atoms with Gasteiger partial charge >= 0.3 is 6.09 Å². The van der Waals surface area contributed by atoms with Crippen LogP contribution in [0.15, 0.2) is 55.0 Å². The van der Waals surface area contributed by atoms with E-state index >= 15 is 0 Å². The lowest BCUT2D eigenvalue weighted by Crippen LogP contribution is -2.35. The van der Waals surface area contributed by atoms with E-state index in [4.69, 9.17) is 23.9 Å². The molecule has 12 heteroatoms. The Morgan fingerprint density at radius 2 is 2.08 bits per heavy atom. The molecule has 1 amide bonds. The first-order chi connectivity index (χ1) is 19.5. The molecular formula is C28H22N6O5S. The maximum atomic E-state index is 12.4. The summed E-state index contributed by atoms with van der Waals surface area (Å²) in [6.45, 7) is 2.26. The third-order valence-corrected chi connectivity index (χ3v) is 7.54. The topological polar surface area (TPSA) is 133 Å². The number of benzene rings is 2. The van der Waals surface area contributed by atoms with Crippen molar-refractivity contribution < 1.29 is 23.7 Å². The molecule has 6 aromatic rings. The Bertz CT molecular complexity index is 1920. The Morgan fingerprint density at radius 3 is 2.98 bits per heavy atom. The Hall–Kier alpha value is -4.97. The average molecular weight is 555 g/mol. The zero-order valence-electron chi connectivity index (χ0n) is 21.4. The lowest BCUT2D eigenvalue weighted by Gasteiger charge is -2.26. The highest BCUT2D eigenvalue weighted by atomic mass is 32.1. The number of aryl methyl sites for hydroxylation is 1. The number of ether oxygens (including phenoxy) is 4. The number of aromatic amines is 1. The maximum Gasteiger partial charge on any atom is 0.411 e. The van der Waals surface area contributed by atoms with Crippen molar-refractivity contribution in [3.63, 3.8) is 0 Å². The first-order valence-corrected chi connectivity index (χ1v) is 13.3. The van der Waals surface area contributed by atoms with E-state index in [0.717, 1.165) is 48.4 Å². The molecule has 0 fully saturated rings. The highest BCUT2D eigenvalue weighted by molar-refractivity contribution is 7.22. The van der Waals surface area contributed by atoms with E-state index in [0.29, 0.717) is 23.1 Å². The van der Waals surface area contributed by atoms with Gasteiger partial charge in [-0.3, -0.25) is 5.32 Å². The minimum atomic E-state index is -0.597. The van der Waals surface area contributed by atoms with Crippen LogP contribution in [0.3, 0.4) is 0 Å². The number of H-pyrrole nitrogens is 1. The second kappa shape index (κ2) is 9.65. The molecule has 4 aromatic heterocycles. The van der Waals surface area contributed by atoms with Crippen molar-refractivity contribution in [3.05, 3.63) is 60.6 Å². The highest BCUT2D eigenvalue weighted by Crippen LogP contribution is 2.44. The van der Waals surface area contributed by atoms with Crippen LogP contribution in [0.4, 0.5) is 10.5 Å². The van der Waals surface area contributed by atoms with E-state index < -0.39 is 12.2 Å². The summed E-state index contributed by atoms with van der Waals surface area (Å²) in [7, 11) is 1.57. The quantitative estimate of drug-likeness (QED) is 0.284. The molecule has 200 valence electrons. The Balaban J connectivity index is 1.08. The Kier molecular flexibility index (Phi) is 5.81. The summed E-state index contributed by atoms with van der Waals surface area (Å²) in [6, 6.07) is 11.4. The van der Waals surface area contributed by atoms with Gasteiger partial charge in [0.25, 0.3) is 0 Å². The molecule has 0 saturated heterocycles. The van der Waals surface area contributed by atoms with Crippen molar-refractivity contribution in [2.45, 2.75) is 13.0 Å². The van der Waals surface area contributed by atoms with Gasteiger partial charge in [0, 0.05) is 17.1 Å². The number of nitrogens with zero attached hydrogens (tertiary/aromatic N) is 4. The molecule has 0 saturated carbocycles. The number of hydrogen-bond donors (Lipinski definition) is 2. The molecule has 40 heavy (non-hydrogen) atoms. The fourth-order valence-electron chi connectivity index (χ4n) is 4.61. The molecule has 0 bridgehead atoms. The summed E-state index contributed by atoms with van der Waals surface area (Å²) >= 11 is 1.50. The van der Waals surface area contributed by atoms with E-state index in [9.17, 15) is 4.79 Å². The van der Waals surface area contributed by atoms with Crippen molar-refractivity contribution in [2.75, 3.05) is 25.6 Å². The molecule has 7 rings (SSSR count). The standard InChI is InChI=1S/C28H22N6O5S/c1-14-7-18(23-20(8-14)33-22(36-2)11-30-23)27-34-19-3-4-21-24(25(19)40-27)37-12-17(39-21)13-38-28(35)32-16-9-15-5-6-29-26(15)31-10-16/h3-11,17H,12-13H2,1-2H3,(H,29,31)(H,32,35)/t17-/m1/s1. The molecule has 0 aliphatic carbocycles. The minimum absolute atomic E-state index is 0.0223. The smallest absolute Gasteiger partial charge is 0.411 e. The van der Waals surface area contributed by atoms with Crippen LogP contribution in [-0.2, 0) is 4.74 Å². The van der Waals surface area contributed by atoms with Crippen LogP contribution in [0.2, 0.25) is 0 Å².